The highest BCUT2D eigenvalue weighted by molar-refractivity contribution is 5.78. The smallest absolute Gasteiger partial charge is 0.407 e. The van der Waals surface area contributed by atoms with Gasteiger partial charge in [-0.2, -0.15) is 0 Å². The van der Waals surface area contributed by atoms with E-state index in [1.807, 2.05) is 51.1 Å². The minimum Gasteiger partial charge on any atom is -0.459 e. The highest BCUT2D eigenvalue weighted by atomic mass is 16.6. The van der Waals surface area contributed by atoms with Gasteiger partial charge in [0.2, 0.25) is 5.91 Å². The van der Waals surface area contributed by atoms with E-state index in [9.17, 15) is 14.4 Å². The largest absolute Gasteiger partial charge is 0.459 e. The Morgan fingerprint density at radius 2 is 1.74 bits per heavy atom. The van der Waals surface area contributed by atoms with Gasteiger partial charge in [-0.3, -0.25) is 14.5 Å². The van der Waals surface area contributed by atoms with Crippen LogP contribution in [0.15, 0.2) is 30.3 Å². The molecule has 1 aliphatic heterocycles. The molecule has 0 aromatic heterocycles. The molecule has 196 valence electrons. The number of carbonyl (C=O) groups excluding carboxylic acids is 3. The average molecular weight is 490 g/mol. The Bertz CT molecular complexity index is 835. The number of amides is 2. The van der Waals surface area contributed by atoms with Crippen LogP contribution in [0.4, 0.5) is 4.79 Å². The summed E-state index contributed by atoms with van der Waals surface area (Å²) in [6.07, 6.45) is 2.49. The van der Waals surface area contributed by atoms with Crippen molar-refractivity contribution in [1.82, 2.24) is 15.5 Å². The van der Waals surface area contributed by atoms with Crippen LogP contribution in [0.2, 0.25) is 0 Å². The Labute approximate surface area is 210 Å². The van der Waals surface area contributed by atoms with Crippen LogP contribution < -0.4 is 10.6 Å². The number of likely N-dealkylation sites (tertiary alicyclic amines) is 1. The zero-order chi connectivity index (χ0) is 26.2. The first kappa shape index (κ1) is 28.6. The van der Waals surface area contributed by atoms with Crippen molar-refractivity contribution in [2.24, 2.45) is 5.92 Å². The highest BCUT2D eigenvalue weighted by Crippen LogP contribution is 2.33. The molecule has 1 fully saturated rings. The molecule has 4 atom stereocenters. The van der Waals surface area contributed by atoms with Crippen LogP contribution in [0.1, 0.15) is 72.8 Å². The second-order valence-corrected chi connectivity index (χ2v) is 10.4. The van der Waals surface area contributed by atoms with Gasteiger partial charge >= 0.3 is 12.1 Å². The summed E-state index contributed by atoms with van der Waals surface area (Å²) in [6, 6.07) is 8.31. The van der Waals surface area contributed by atoms with Crippen LogP contribution in [0, 0.1) is 5.92 Å². The predicted molar refractivity (Wildman–Crippen MR) is 136 cm³/mol. The second kappa shape index (κ2) is 12.9. The number of ether oxygens (including phenoxy) is 2. The summed E-state index contributed by atoms with van der Waals surface area (Å²) in [4.78, 5) is 40.1. The molecule has 0 radical (unpaired) electrons. The Kier molecular flexibility index (Phi) is 10.6. The number of esters is 1. The number of hydrogen-bond donors (Lipinski definition) is 2. The van der Waals surface area contributed by atoms with Gasteiger partial charge in [-0.25, -0.2) is 4.79 Å². The van der Waals surface area contributed by atoms with E-state index in [-0.39, 0.29) is 24.0 Å². The molecule has 0 bridgehead atoms. The number of rotatable bonds is 10. The van der Waals surface area contributed by atoms with E-state index in [1.54, 1.807) is 0 Å². The number of alkyl carbamates (subject to hydrolysis) is 1. The molecule has 2 rings (SSSR count). The SMILES string of the molecule is CCC(CC)C[C@H](NC(C)=O)[C@H]1[C@H](NC(=O)OC)C[C@H](C(=O)OC(C)(C)C)N1Cc1ccccc1. The molecular weight excluding hydrogens is 446 g/mol. The predicted octanol–water partition coefficient (Wildman–Crippen LogP) is 4.03. The number of nitrogens with zero attached hydrogens (tertiary/aromatic N) is 1. The zero-order valence-electron chi connectivity index (χ0n) is 22.3. The lowest BCUT2D eigenvalue weighted by Crippen LogP contribution is -2.58. The molecule has 35 heavy (non-hydrogen) atoms. The van der Waals surface area contributed by atoms with Crippen LogP contribution in [0.25, 0.3) is 0 Å². The molecule has 1 aromatic carbocycles. The first-order chi connectivity index (χ1) is 16.5. The molecule has 2 N–H and O–H groups in total. The highest BCUT2D eigenvalue weighted by Gasteiger charge is 2.50. The van der Waals surface area contributed by atoms with Gasteiger partial charge in [0.1, 0.15) is 11.6 Å². The van der Waals surface area contributed by atoms with Crippen LogP contribution in [0.5, 0.6) is 0 Å². The van der Waals surface area contributed by atoms with E-state index in [2.05, 4.69) is 29.4 Å². The fourth-order valence-corrected chi connectivity index (χ4v) is 4.96. The number of carbonyl (C=O) groups is 3. The third kappa shape index (κ3) is 8.53. The van der Waals surface area contributed by atoms with Gasteiger partial charge < -0.3 is 20.1 Å². The van der Waals surface area contributed by atoms with Crippen molar-refractivity contribution in [3.05, 3.63) is 35.9 Å². The number of benzene rings is 1. The van der Waals surface area contributed by atoms with Crippen LogP contribution in [-0.2, 0) is 25.6 Å². The zero-order valence-corrected chi connectivity index (χ0v) is 22.3. The molecule has 0 saturated carbocycles. The summed E-state index contributed by atoms with van der Waals surface area (Å²) in [6.45, 7) is 11.8. The van der Waals surface area contributed by atoms with Gasteiger partial charge in [-0.15, -0.1) is 0 Å². The van der Waals surface area contributed by atoms with E-state index in [0.29, 0.717) is 18.9 Å². The molecule has 0 unspecified atom stereocenters. The third-order valence-electron chi connectivity index (χ3n) is 6.59. The fourth-order valence-electron chi connectivity index (χ4n) is 4.96. The summed E-state index contributed by atoms with van der Waals surface area (Å²) >= 11 is 0. The minimum atomic E-state index is -0.647. The Morgan fingerprint density at radius 3 is 2.26 bits per heavy atom. The van der Waals surface area contributed by atoms with E-state index in [1.165, 1.54) is 14.0 Å². The third-order valence-corrected chi connectivity index (χ3v) is 6.59. The van der Waals surface area contributed by atoms with Crippen LogP contribution in [0.3, 0.4) is 0 Å². The van der Waals surface area contributed by atoms with E-state index in [0.717, 1.165) is 24.8 Å². The number of hydrogen-bond acceptors (Lipinski definition) is 6. The average Bonchev–Trinajstić information content (AvgIpc) is 3.13. The molecule has 0 aliphatic carbocycles. The Morgan fingerprint density at radius 1 is 1.11 bits per heavy atom. The van der Waals surface area contributed by atoms with Crippen molar-refractivity contribution >= 4 is 18.0 Å². The van der Waals surface area contributed by atoms with Gasteiger partial charge in [-0.1, -0.05) is 57.0 Å². The molecule has 8 nitrogen and oxygen atoms in total. The summed E-state index contributed by atoms with van der Waals surface area (Å²) in [5.41, 5.74) is 0.389. The Balaban J connectivity index is 2.54. The standard InChI is InChI=1S/C27H43N3O5/c1-8-19(9-2)15-21(28-18(3)31)24-22(29-26(33)34-7)16-23(25(32)35-27(4,5)6)30(24)17-20-13-11-10-12-14-20/h10-14,19,21-24H,8-9,15-17H2,1-7H3,(H,28,31)(H,29,33)/t21-,22+,23+,24-/m0/s1. The van der Waals surface area contributed by atoms with Crippen molar-refractivity contribution in [2.45, 2.75) is 104 Å². The first-order valence-corrected chi connectivity index (χ1v) is 12.6. The minimum absolute atomic E-state index is 0.141. The monoisotopic (exact) mass is 489 g/mol. The molecule has 0 spiro atoms. The lowest BCUT2D eigenvalue weighted by molar-refractivity contribution is -0.161. The number of methoxy groups -OCH3 is 1. The summed E-state index contributed by atoms with van der Waals surface area (Å²) in [7, 11) is 1.32. The maximum atomic E-state index is 13.4. The van der Waals surface area contributed by atoms with Gasteiger partial charge in [0.25, 0.3) is 0 Å². The molecule has 1 aromatic rings. The lowest BCUT2D eigenvalue weighted by atomic mass is 9.88. The summed E-state index contributed by atoms with van der Waals surface area (Å²) in [5, 5.41) is 6.08. The summed E-state index contributed by atoms with van der Waals surface area (Å²) < 4.78 is 10.7. The quantitative estimate of drug-likeness (QED) is 0.482. The van der Waals surface area contributed by atoms with Gasteiger partial charge in [0, 0.05) is 19.5 Å². The van der Waals surface area contributed by atoms with Gasteiger partial charge in [0.15, 0.2) is 0 Å². The van der Waals surface area contributed by atoms with E-state index < -0.39 is 23.8 Å². The first-order valence-electron chi connectivity index (χ1n) is 12.6. The van der Waals surface area contributed by atoms with E-state index >= 15 is 0 Å². The maximum Gasteiger partial charge on any atom is 0.407 e. The van der Waals surface area contributed by atoms with Crippen molar-refractivity contribution in [3.63, 3.8) is 0 Å². The van der Waals surface area contributed by atoms with Crippen molar-refractivity contribution in [1.29, 1.82) is 0 Å². The Hall–Kier alpha value is -2.61. The molecule has 2 amide bonds. The van der Waals surface area contributed by atoms with Crippen molar-refractivity contribution in [2.75, 3.05) is 7.11 Å². The molecule has 1 aliphatic rings. The topological polar surface area (TPSA) is 97.0 Å². The normalized spacial score (nSPS) is 21.4. The molecule has 1 heterocycles. The van der Waals surface area contributed by atoms with Gasteiger partial charge in [-0.05, 0) is 45.1 Å². The molecule has 8 heteroatoms. The summed E-state index contributed by atoms with van der Waals surface area (Å²) in [5.74, 6) is -0.0837. The van der Waals surface area contributed by atoms with Crippen LogP contribution in [-0.4, -0.2) is 59.7 Å². The van der Waals surface area contributed by atoms with Crippen molar-refractivity contribution < 1.29 is 23.9 Å². The second-order valence-electron chi connectivity index (χ2n) is 10.4. The van der Waals surface area contributed by atoms with E-state index in [4.69, 9.17) is 9.47 Å². The maximum absolute atomic E-state index is 13.4. The molecular formula is C27H43N3O5. The van der Waals surface area contributed by atoms with Crippen LogP contribution >= 0.6 is 0 Å². The number of nitrogens with one attached hydrogen (secondary N) is 2. The fraction of sp³-hybridized carbons (Fsp3) is 0.667. The van der Waals surface area contributed by atoms with Crippen molar-refractivity contribution in [3.8, 4) is 0 Å². The molecule has 1 saturated heterocycles. The lowest BCUT2D eigenvalue weighted by Gasteiger charge is -2.38. The van der Waals surface area contributed by atoms with Gasteiger partial charge in [0.05, 0.1) is 19.2 Å².